The van der Waals surface area contributed by atoms with E-state index in [1.807, 2.05) is 4.72 Å². The van der Waals surface area contributed by atoms with Gasteiger partial charge in [0.1, 0.15) is 16.9 Å². The van der Waals surface area contributed by atoms with Gasteiger partial charge >= 0.3 is 0 Å². The Hall–Kier alpha value is -1.77. The molecule has 1 amide bonds. The number of benzene rings is 2. The summed E-state index contributed by atoms with van der Waals surface area (Å²) in [6.07, 6.45) is 2.66. The van der Waals surface area contributed by atoms with Crippen molar-refractivity contribution >= 4 is 62.3 Å². The molecule has 0 saturated heterocycles. The molecule has 2 aromatic carbocycles. The van der Waals surface area contributed by atoms with Gasteiger partial charge < -0.3 is 4.57 Å². The monoisotopic (exact) mass is 463 g/mol. The van der Waals surface area contributed by atoms with Crippen molar-refractivity contribution in [3.63, 3.8) is 0 Å². The zero-order chi connectivity index (χ0) is 19.8. The van der Waals surface area contributed by atoms with Crippen LogP contribution in [0.2, 0.25) is 20.1 Å². The van der Waals surface area contributed by atoms with Crippen molar-refractivity contribution in [2.24, 2.45) is 0 Å². The summed E-state index contributed by atoms with van der Waals surface area (Å²) in [6, 6.07) is 8.61. The first-order valence-electron chi connectivity index (χ1n) is 7.19. The molecule has 3 rings (SSSR count). The van der Waals surface area contributed by atoms with Crippen LogP contribution < -0.4 is 4.72 Å². The van der Waals surface area contributed by atoms with Crippen LogP contribution >= 0.6 is 46.4 Å². The third-order valence-corrected chi connectivity index (χ3v) is 6.00. The summed E-state index contributed by atoms with van der Waals surface area (Å²) in [6.45, 7) is 0. The number of aromatic nitrogens is 2. The highest BCUT2D eigenvalue weighted by molar-refractivity contribution is 7.90. The molecule has 11 heteroatoms. The van der Waals surface area contributed by atoms with Crippen LogP contribution in [0.15, 0.2) is 53.8 Å². The molecule has 3 aromatic rings. The molecule has 0 saturated carbocycles. The quantitative estimate of drug-likeness (QED) is 0.611. The Morgan fingerprint density at radius 3 is 2.22 bits per heavy atom. The van der Waals surface area contributed by atoms with Crippen molar-refractivity contribution in [3.05, 3.63) is 74.7 Å². The molecule has 0 aliphatic heterocycles. The van der Waals surface area contributed by atoms with Crippen LogP contribution in [0, 0.1) is 0 Å². The Bertz CT molecular complexity index is 1150. The average Bonchev–Trinajstić information content (AvgIpc) is 3.03. The minimum absolute atomic E-state index is 0.110. The van der Waals surface area contributed by atoms with Gasteiger partial charge in [-0.1, -0.05) is 46.4 Å². The molecule has 0 bridgehead atoms. The zero-order valence-corrected chi connectivity index (χ0v) is 17.0. The first-order chi connectivity index (χ1) is 12.7. The van der Waals surface area contributed by atoms with E-state index in [-0.39, 0.29) is 20.6 Å². The van der Waals surface area contributed by atoms with Gasteiger partial charge in [-0.25, -0.2) is 18.1 Å². The van der Waals surface area contributed by atoms with Crippen molar-refractivity contribution < 1.29 is 13.2 Å². The molecule has 140 valence electrons. The number of halogens is 4. The molecule has 0 atom stereocenters. The van der Waals surface area contributed by atoms with Crippen molar-refractivity contribution in [1.82, 2.24) is 14.3 Å². The fourth-order valence-electron chi connectivity index (χ4n) is 2.18. The minimum Gasteiger partial charge on any atom is -0.304 e. The van der Waals surface area contributed by atoms with E-state index in [1.54, 1.807) is 12.1 Å². The second-order valence-corrected chi connectivity index (χ2v) is 8.61. The first kappa shape index (κ1) is 20.0. The van der Waals surface area contributed by atoms with E-state index in [9.17, 15) is 13.2 Å². The van der Waals surface area contributed by atoms with Gasteiger partial charge in [-0.3, -0.25) is 4.79 Å². The summed E-state index contributed by atoms with van der Waals surface area (Å²) < 4.78 is 28.2. The first-order valence-corrected chi connectivity index (χ1v) is 10.2. The van der Waals surface area contributed by atoms with E-state index in [1.165, 1.54) is 41.4 Å². The summed E-state index contributed by atoms with van der Waals surface area (Å²) in [4.78, 5) is 15.9. The lowest BCUT2D eigenvalue weighted by atomic mass is 10.3. The molecule has 0 spiro atoms. The van der Waals surface area contributed by atoms with Crippen molar-refractivity contribution in [3.8, 4) is 5.69 Å². The van der Waals surface area contributed by atoms with E-state index >= 15 is 0 Å². The number of nitrogens with zero attached hydrogens (tertiary/aromatic N) is 2. The number of carbonyl (C=O) groups is 1. The van der Waals surface area contributed by atoms with E-state index in [4.69, 9.17) is 46.4 Å². The van der Waals surface area contributed by atoms with E-state index < -0.39 is 15.9 Å². The lowest BCUT2D eigenvalue weighted by molar-refractivity contribution is 0.0977. The average molecular weight is 465 g/mol. The molecular weight excluding hydrogens is 456 g/mol. The third kappa shape index (κ3) is 4.39. The molecule has 0 aliphatic rings. The van der Waals surface area contributed by atoms with Gasteiger partial charge in [-0.15, -0.1) is 0 Å². The van der Waals surface area contributed by atoms with E-state index in [0.717, 1.165) is 0 Å². The zero-order valence-electron chi connectivity index (χ0n) is 13.2. The molecule has 27 heavy (non-hydrogen) atoms. The summed E-state index contributed by atoms with van der Waals surface area (Å²) in [5, 5.41) is 0.949. The maximum atomic E-state index is 12.4. The molecule has 0 unspecified atom stereocenters. The maximum absolute atomic E-state index is 12.4. The normalized spacial score (nSPS) is 11.4. The molecule has 0 radical (unpaired) electrons. The number of hydrogen-bond acceptors (Lipinski definition) is 4. The molecular formula is C16H9Cl4N3O3S. The molecule has 6 nitrogen and oxygen atoms in total. The van der Waals surface area contributed by atoms with Crippen LogP contribution in [0.4, 0.5) is 0 Å². The van der Waals surface area contributed by atoms with Crippen LogP contribution in [0.1, 0.15) is 10.5 Å². The van der Waals surface area contributed by atoms with Crippen molar-refractivity contribution in [2.75, 3.05) is 0 Å². The van der Waals surface area contributed by atoms with Crippen molar-refractivity contribution in [2.45, 2.75) is 4.90 Å². The smallest absolute Gasteiger partial charge is 0.285 e. The van der Waals surface area contributed by atoms with Gasteiger partial charge in [0, 0.05) is 16.2 Å². The van der Waals surface area contributed by atoms with Crippen LogP contribution in [0.5, 0.6) is 0 Å². The van der Waals surface area contributed by atoms with Crippen LogP contribution in [0.25, 0.3) is 5.69 Å². The number of sulfonamides is 1. The fraction of sp³-hybridized carbons (Fsp3) is 0. The second-order valence-electron chi connectivity index (χ2n) is 5.27. The number of carbonyl (C=O) groups excluding carboxylic acids is 1. The van der Waals surface area contributed by atoms with Gasteiger partial charge in [0.05, 0.1) is 15.7 Å². The van der Waals surface area contributed by atoms with Crippen LogP contribution in [0.3, 0.4) is 0 Å². The highest BCUT2D eigenvalue weighted by atomic mass is 35.5. The highest BCUT2D eigenvalue weighted by Crippen LogP contribution is 2.26. The predicted octanol–water partition coefficient (Wildman–Crippen LogP) is 4.60. The van der Waals surface area contributed by atoms with Crippen LogP contribution in [-0.2, 0) is 10.0 Å². The summed E-state index contributed by atoms with van der Waals surface area (Å²) in [7, 11) is -4.21. The number of amides is 1. The van der Waals surface area contributed by atoms with Gasteiger partial charge in [0.25, 0.3) is 15.9 Å². The number of nitrogens with one attached hydrogen (secondary N) is 1. The maximum Gasteiger partial charge on any atom is 0.285 e. The third-order valence-electron chi connectivity index (χ3n) is 3.41. The summed E-state index contributed by atoms with van der Waals surface area (Å²) in [5.41, 5.74) is 0.394. The predicted molar refractivity (Wildman–Crippen MR) is 105 cm³/mol. The SMILES string of the molecule is O=C(NS(=O)(=O)c1ccc(Cl)cc1Cl)c1cn(-c2ccc(Cl)cc2Cl)cn1. The Morgan fingerprint density at radius 2 is 1.59 bits per heavy atom. The van der Waals surface area contributed by atoms with Crippen LogP contribution in [-0.4, -0.2) is 23.9 Å². The Morgan fingerprint density at radius 1 is 0.963 bits per heavy atom. The lowest BCUT2D eigenvalue weighted by Crippen LogP contribution is -2.31. The molecule has 0 aliphatic carbocycles. The van der Waals surface area contributed by atoms with Gasteiger partial charge in [-0.2, -0.15) is 0 Å². The van der Waals surface area contributed by atoms with Gasteiger partial charge in [0.2, 0.25) is 0 Å². The van der Waals surface area contributed by atoms with E-state index in [2.05, 4.69) is 4.98 Å². The molecule has 1 aromatic heterocycles. The lowest BCUT2D eigenvalue weighted by Gasteiger charge is -2.07. The topological polar surface area (TPSA) is 81.1 Å². The molecule has 1 N–H and O–H groups in total. The molecule has 0 fully saturated rings. The second kappa shape index (κ2) is 7.69. The number of imidazole rings is 1. The van der Waals surface area contributed by atoms with E-state index in [0.29, 0.717) is 15.7 Å². The van der Waals surface area contributed by atoms with Gasteiger partial charge in [-0.05, 0) is 36.4 Å². The van der Waals surface area contributed by atoms with Crippen molar-refractivity contribution in [1.29, 1.82) is 0 Å². The summed E-state index contributed by atoms with van der Waals surface area (Å²) in [5.74, 6) is -0.926. The minimum atomic E-state index is -4.21. The fourth-order valence-corrected chi connectivity index (χ4v) is 4.43. The Kier molecular flexibility index (Phi) is 5.69. The Balaban J connectivity index is 1.86. The number of rotatable bonds is 4. The largest absolute Gasteiger partial charge is 0.304 e. The summed E-state index contributed by atoms with van der Waals surface area (Å²) >= 11 is 23.6. The highest BCUT2D eigenvalue weighted by Gasteiger charge is 2.23. The number of hydrogen-bond donors (Lipinski definition) is 1. The van der Waals surface area contributed by atoms with Gasteiger partial charge in [0.15, 0.2) is 0 Å². The standard InChI is InChI=1S/C16H9Cl4N3O3S/c17-9-1-3-14(11(19)5-9)23-7-13(21-8-23)16(24)22-27(25,26)15-4-2-10(18)6-12(15)20/h1-8H,(H,22,24). The molecule has 1 heterocycles. The Labute approximate surface area is 174 Å².